The molecular formula is C29H31ClF2N3O3+. The van der Waals surface area contributed by atoms with Gasteiger partial charge in [0.2, 0.25) is 11.7 Å². The number of carbonyl (C=O) groups excluding carboxylic acids is 1. The summed E-state index contributed by atoms with van der Waals surface area (Å²) in [5, 5.41) is 3.27. The summed E-state index contributed by atoms with van der Waals surface area (Å²) in [7, 11) is 1.52. The van der Waals surface area contributed by atoms with Gasteiger partial charge in [-0.05, 0) is 42.9 Å². The molecule has 3 unspecified atom stereocenters. The van der Waals surface area contributed by atoms with Crippen molar-refractivity contribution in [3.05, 3.63) is 88.0 Å². The lowest BCUT2D eigenvalue weighted by atomic mass is 9.81. The Morgan fingerprint density at radius 3 is 2.55 bits per heavy atom. The fraction of sp³-hybridized carbons (Fsp3) is 0.379. The third kappa shape index (κ3) is 4.55. The third-order valence-electron chi connectivity index (χ3n) is 7.54. The maximum Gasteiger partial charge on any atom is 0.375 e. The van der Waals surface area contributed by atoms with Gasteiger partial charge in [0, 0.05) is 31.6 Å². The van der Waals surface area contributed by atoms with Crippen LogP contribution in [0.3, 0.4) is 0 Å². The Bertz CT molecular complexity index is 1320. The van der Waals surface area contributed by atoms with E-state index in [-0.39, 0.29) is 16.7 Å². The molecule has 0 saturated heterocycles. The molecule has 3 aliphatic heterocycles. The van der Waals surface area contributed by atoms with E-state index in [0.29, 0.717) is 35.7 Å². The molecule has 2 bridgehead atoms. The molecular weight excluding hydrogens is 512 g/mol. The quantitative estimate of drug-likeness (QED) is 0.377. The number of nitrogens with one attached hydrogen (secondary N) is 1. The maximum atomic E-state index is 14.5. The van der Waals surface area contributed by atoms with Gasteiger partial charge >= 0.3 is 5.90 Å². The first-order valence-electron chi connectivity index (χ1n) is 12.8. The molecule has 5 rings (SSSR count). The molecule has 3 aliphatic rings. The molecule has 0 saturated carbocycles. The van der Waals surface area contributed by atoms with Gasteiger partial charge in [-0.3, -0.25) is 4.79 Å². The molecule has 2 aromatic carbocycles. The first-order valence-corrected chi connectivity index (χ1v) is 13.2. The number of fused-ring (bicyclic) bond motifs is 1. The van der Waals surface area contributed by atoms with Crippen LogP contribution in [0.15, 0.2) is 65.8 Å². The lowest BCUT2D eigenvalue weighted by Gasteiger charge is -2.24. The molecule has 2 aromatic rings. The average molecular weight is 543 g/mol. The highest BCUT2D eigenvalue weighted by Gasteiger charge is 2.68. The second kappa shape index (κ2) is 10.6. The van der Waals surface area contributed by atoms with E-state index in [0.717, 1.165) is 25.2 Å². The molecule has 1 spiro atoms. The maximum absolute atomic E-state index is 14.5. The number of carbonyl (C=O) groups is 1. The number of halogens is 3. The Kier molecular flexibility index (Phi) is 7.40. The van der Waals surface area contributed by atoms with E-state index in [1.54, 1.807) is 18.2 Å². The lowest BCUT2D eigenvalue weighted by molar-refractivity contribution is -0.499. The van der Waals surface area contributed by atoms with E-state index >= 15 is 0 Å². The molecule has 6 nitrogen and oxygen atoms in total. The molecule has 200 valence electrons. The van der Waals surface area contributed by atoms with Crippen molar-refractivity contribution in [1.82, 2.24) is 10.2 Å². The zero-order valence-electron chi connectivity index (χ0n) is 21.6. The van der Waals surface area contributed by atoms with Crippen LogP contribution in [0, 0.1) is 11.6 Å². The predicted molar refractivity (Wildman–Crippen MR) is 142 cm³/mol. The van der Waals surface area contributed by atoms with E-state index < -0.39 is 23.6 Å². The monoisotopic (exact) mass is 542 g/mol. The number of amides is 1. The van der Waals surface area contributed by atoms with Crippen molar-refractivity contribution in [3.63, 3.8) is 0 Å². The van der Waals surface area contributed by atoms with Crippen molar-refractivity contribution < 1.29 is 27.6 Å². The molecule has 0 aromatic heterocycles. The summed E-state index contributed by atoms with van der Waals surface area (Å²) in [6.45, 7) is 7.19. The van der Waals surface area contributed by atoms with Crippen LogP contribution in [-0.4, -0.2) is 72.3 Å². The number of methoxy groups -OCH3 is 1. The Morgan fingerprint density at radius 1 is 1.16 bits per heavy atom. The van der Waals surface area contributed by atoms with Crippen molar-refractivity contribution in [2.24, 2.45) is 0 Å². The van der Waals surface area contributed by atoms with E-state index in [4.69, 9.17) is 21.1 Å². The number of nitrogens with zero attached hydrogens (tertiary/aromatic N) is 2. The topological polar surface area (TPSA) is 53.8 Å². The largest absolute Gasteiger partial charge is 0.447 e. The number of benzene rings is 2. The first-order chi connectivity index (χ1) is 18.3. The minimum absolute atomic E-state index is 0.224. The number of hydrogen-bond donors (Lipinski definition) is 1. The van der Waals surface area contributed by atoms with Crippen LogP contribution in [0.2, 0.25) is 5.02 Å². The summed E-state index contributed by atoms with van der Waals surface area (Å²) < 4.78 is 42.5. The van der Waals surface area contributed by atoms with Crippen molar-refractivity contribution in [3.8, 4) is 0 Å². The average Bonchev–Trinajstić information content (AvgIpc) is 3.54. The zero-order chi connectivity index (χ0) is 27.0. The van der Waals surface area contributed by atoms with Crippen molar-refractivity contribution in [2.45, 2.75) is 38.0 Å². The molecule has 3 atom stereocenters. The number of likely N-dealkylation sites (N-methyl/N-ethyl adjacent to an activating group) is 1. The third-order valence-corrected chi connectivity index (χ3v) is 7.76. The summed E-state index contributed by atoms with van der Waals surface area (Å²) >= 11 is 6.24. The normalized spacial score (nSPS) is 23.6. The Morgan fingerprint density at radius 2 is 1.89 bits per heavy atom. The van der Waals surface area contributed by atoms with Crippen LogP contribution in [0.5, 0.6) is 0 Å². The van der Waals surface area contributed by atoms with Gasteiger partial charge < -0.3 is 19.7 Å². The number of hydrogen-bond acceptors (Lipinski definition) is 4. The predicted octanol–water partition coefficient (Wildman–Crippen LogP) is 4.39. The summed E-state index contributed by atoms with van der Waals surface area (Å²) in [5.41, 5.74) is 1.43. The van der Waals surface area contributed by atoms with Gasteiger partial charge in [0.1, 0.15) is 23.3 Å². The van der Waals surface area contributed by atoms with Gasteiger partial charge in [-0.25, -0.2) is 8.78 Å². The van der Waals surface area contributed by atoms with E-state index in [1.807, 2.05) is 16.7 Å². The highest BCUT2D eigenvalue weighted by Crippen LogP contribution is 2.52. The fourth-order valence-electron chi connectivity index (χ4n) is 5.73. The standard InChI is InChI=1S/C29H30ClF2N3O3/c1-4-34(5-2)13-12-33-27(36)25-23-10-11-29(38-23)24(14-18-6-8-20(31)9-7-18)35(28(37-3)26(25)29)22-16-19(30)15-21(32)17-22/h6-11,15-17,23-24H,4-5,12-14H2,1-3H3/p+1. The molecule has 38 heavy (non-hydrogen) atoms. The highest BCUT2D eigenvalue weighted by atomic mass is 35.5. The number of rotatable bonds is 9. The van der Waals surface area contributed by atoms with Gasteiger partial charge in [-0.15, -0.1) is 0 Å². The van der Waals surface area contributed by atoms with Crippen molar-refractivity contribution in [2.75, 3.05) is 33.3 Å². The number of ether oxygens (including phenoxy) is 2. The van der Waals surface area contributed by atoms with Crippen LogP contribution < -0.4 is 5.32 Å². The molecule has 0 radical (unpaired) electrons. The molecule has 1 amide bonds. The lowest BCUT2D eigenvalue weighted by Crippen LogP contribution is -2.43. The first kappa shape index (κ1) is 26.5. The summed E-state index contributed by atoms with van der Waals surface area (Å²) in [6.07, 6.45) is 3.72. The molecule has 0 fully saturated rings. The van der Waals surface area contributed by atoms with Gasteiger partial charge in [-0.2, -0.15) is 4.58 Å². The summed E-state index contributed by atoms with van der Waals surface area (Å²) in [5.74, 6) is -0.655. The van der Waals surface area contributed by atoms with Gasteiger partial charge in [0.05, 0.1) is 17.7 Å². The van der Waals surface area contributed by atoms with E-state index in [1.165, 1.54) is 31.4 Å². The summed E-state index contributed by atoms with van der Waals surface area (Å²) in [4.78, 5) is 15.8. The second-order valence-electron chi connectivity index (χ2n) is 9.62. The fourth-order valence-corrected chi connectivity index (χ4v) is 5.95. The molecule has 9 heteroatoms. The van der Waals surface area contributed by atoms with Crippen LogP contribution in [-0.2, 0) is 20.7 Å². The highest BCUT2D eigenvalue weighted by molar-refractivity contribution is 6.30. The Balaban J connectivity index is 1.60. The van der Waals surface area contributed by atoms with E-state index in [9.17, 15) is 13.6 Å². The minimum atomic E-state index is -1.01. The molecule has 3 heterocycles. The van der Waals surface area contributed by atoms with Gasteiger partial charge in [0.25, 0.3) is 5.91 Å². The van der Waals surface area contributed by atoms with E-state index in [2.05, 4.69) is 24.1 Å². The van der Waals surface area contributed by atoms with Crippen molar-refractivity contribution >= 4 is 29.1 Å². The Hall–Kier alpha value is -3.07. The smallest absolute Gasteiger partial charge is 0.375 e. The van der Waals surface area contributed by atoms with Crippen LogP contribution >= 0.6 is 11.6 Å². The van der Waals surface area contributed by atoms with Crippen LogP contribution in [0.1, 0.15) is 19.4 Å². The van der Waals surface area contributed by atoms with Crippen LogP contribution in [0.4, 0.5) is 14.5 Å². The second-order valence-corrected chi connectivity index (χ2v) is 10.1. The Labute approximate surface area is 226 Å². The van der Waals surface area contributed by atoms with Gasteiger partial charge in [0.15, 0.2) is 5.60 Å². The minimum Gasteiger partial charge on any atom is -0.447 e. The van der Waals surface area contributed by atoms with Crippen molar-refractivity contribution in [1.29, 1.82) is 0 Å². The van der Waals surface area contributed by atoms with Crippen LogP contribution in [0.25, 0.3) is 0 Å². The zero-order valence-corrected chi connectivity index (χ0v) is 22.4. The van der Waals surface area contributed by atoms with Gasteiger partial charge in [-0.1, -0.05) is 43.7 Å². The summed E-state index contributed by atoms with van der Waals surface area (Å²) in [6, 6.07) is 10.0. The molecule has 1 N–H and O–H groups in total. The SMILES string of the molecule is CCN(CC)CCNC(=O)C1=C2C(OC)=[N+](c3cc(F)cc(Cl)c3)C(Cc3ccc(F)cc3)C23C=CC1O3. The molecule has 0 aliphatic carbocycles.